The van der Waals surface area contributed by atoms with Crippen molar-refractivity contribution < 1.29 is 0 Å². The topological polar surface area (TPSA) is 29.9 Å². The van der Waals surface area contributed by atoms with E-state index in [9.17, 15) is 0 Å². The lowest BCUT2D eigenvalue weighted by atomic mass is 10.1. The van der Waals surface area contributed by atoms with Gasteiger partial charge in [-0.3, -0.25) is 4.68 Å². The van der Waals surface area contributed by atoms with E-state index in [-0.39, 0.29) is 0 Å². The lowest BCUT2D eigenvalue weighted by molar-refractivity contribution is 0.673. The Morgan fingerprint density at radius 2 is 2.20 bits per heavy atom. The van der Waals surface area contributed by atoms with Gasteiger partial charge in [-0.15, -0.1) is 0 Å². The second-order valence-corrected chi connectivity index (χ2v) is 4.95. The quantitative estimate of drug-likeness (QED) is 0.857. The largest absolute Gasteiger partial charge is 0.310 e. The maximum Gasteiger partial charge on any atom is 0.131 e. The number of nitrogens with one attached hydrogen (secondary N) is 1. The fourth-order valence-electron chi connectivity index (χ4n) is 1.73. The number of nitrogens with zero attached hydrogens (tertiary/aromatic N) is 2. The minimum atomic E-state index is 0.430. The molecule has 0 aliphatic heterocycles. The molecular formula is C11H18ClN3. The van der Waals surface area contributed by atoms with Crippen LogP contribution in [0.5, 0.6) is 0 Å². The van der Waals surface area contributed by atoms with E-state index >= 15 is 0 Å². The molecule has 1 heterocycles. The number of aryl methyl sites for hydroxylation is 1. The summed E-state index contributed by atoms with van der Waals surface area (Å²) in [5.74, 6) is 0.430. The molecule has 0 spiro atoms. The Kier molecular flexibility index (Phi) is 3.03. The van der Waals surface area contributed by atoms with Crippen molar-refractivity contribution in [3.63, 3.8) is 0 Å². The summed E-state index contributed by atoms with van der Waals surface area (Å²) in [6.07, 6.45) is 2.60. The van der Waals surface area contributed by atoms with Crippen LogP contribution in [0, 0.1) is 0 Å². The van der Waals surface area contributed by atoms with E-state index in [0.29, 0.717) is 12.0 Å². The van der Waals surface area contributed by atoms with Crippen LogP contribution in [0.25, 0.3) is 0 Å². The third kappa shape index (κ3) is 2.34. The first-order chi connectivity index (χ1) is 7.09. The molecule has 4 heteroatoms. The third-order valence-corrected chi connectivity index (χ3v) is 3.26. The first-order valence-electron chi connectivity index (χ1n) is 5.54. The van der Waals surface area contributed by atoms with E-state index in [2.05, 4.69) is 24.3 Å². The van der Waals surface area contributed by atoms with Gasteiger partial charge >= 0.3 is 0 Å². The fourth-order valence-corrected chi connectivity index (χ4v) is 1.93. The van der Waals surface area contributed by atoms with Crippen molar-refractivity contribution in [1.29, 1.82) is 0 Å². The zero-order valence-corrected chi connectivity index (χ0v) is 10.3. The van der Waals surface area contributed by atoms with Crippen molar-refractivity contribution in [1.82, 2.24) is 15.1 Å². The second kappa shape index (κ2) is 4.14. The molecule has 1 aliphatic carbocycles. The normalized spacial score (nSPS) is 16.3. The summed E-state index contributed by atoms with van der Waals surface area (Å²) in [6.45, 7) is 5.16. The molecule has 0 saturated heterocycles. The molecule has 3 nitrogen and oxygen atoms in total. The molecule has 0 atom stereocenters. The molecule has 2 rings (SSSR count). The van der Waals surface area contributed by atoms with Crippen molar-refractivity contribution in [2.75, 3.05) is 0 Å². The van der Waals surface area contributed by atoms with Gasteiger partial charge in [0.25, 0.3) is 0 Å². The Bertz CT molecular complexity index is 353. The number of rotatable bonds is 4. The van der Waals surface area contributed by atoms with E-state index < -0.39 is 0 Å². The summed E-state index contributed by atoms with van der Waals surface area (Å²) < 4.78 is 1.76. The molecule has 0 radical (unpaired) electrons. The smallest absolute Gasteiger partial charge is 0.131 e. The molecule has 1 N–H and O–H groups in total. The molecule has 0 unspecified atom stereocenters. The van der Waals surface area contributed by atoms with E-state index in [1.165, 1.54) is 18.4 Å². The van der Waals surface area contributed by atoms with Crippen molar-refractivity contribution in [2.45, 2.75) is 45.2 Å². The molecule has 1 aliphatic rings. The van der Waals surface area contributed by atoms with Gasteiger partial charge in [0.2, 0.25) is 0 Å². The minimum absolute atomic E-state index is 0.430. The van der Waals surface area contributed by atoms with Gasteiger partial charge in [-0.25, -0.2) is 0 Å². The summed E-state index contributed by atoms with van der Waals surface area (Å²) in [6, 6.07) is 0.710. The van der Waals surface area contributed by atoms with Crippen LogP contribution in [-0.4, -0.2) is 15.8 Å². The van der Waals surface area contributed by atoms with Gasteiger partial charge in [-0.1, -0.05) is 25.4 Å². The Balaban J connectivity index is 2.17. The maximum atomic E-state index is 6.22. The Morgan fingerprint density at radius 1 is 1.53 bits per heavy atom. The van der Waals surface area contributed by atoms with Crippen molar-refractivity contribution in [3.8, 4) is 0 Å². The first-order valence-corrected chi connectivity index (χ1v) is 5.92. The number of aromatic nitrogens is 2. The third-order valence-electron chi connectivity index (χ3n) is 2.79. The zero-order valence-electron chi connectivity index (χ0n) is 9.55. The van der Waals surface area contributed by atoms with Gasteiger partial charge in [-0.2, -0.15) is 5.10 Å². The molecular weight excluding hydrogens is 210 g/mol. The predicted octanol–water partition coefficient (Wildman–Crippen LogP) is 2.45. The summed E-state index contributed by atoms with van der Waals surface area (Å²) >= 11 is 6.22. The first kappa shape index (κ1) is 11.0. The van der Waals surface area contributed by atoms with Gasteiger partial charge in [0, 0.05) is 25.2 Å². The van der Waals surface area contributed by atoms with Crippen LogP contribution in [0.1, 0.15) is 43.9 Å². The highest BCUT2D eigenvalue weighted by atomic mass is 35.5. The van der Waals surface area contributed by atoms with E-state index in [0.717, 1.165) is 17.4 Å². The SMILES string of the molecule is CC(C)c1nn(C)c(Cl)c1CNC1CC1. The van der Waals surface area contributed by atoms with Gasteiger partial charge in [0.05, 0.1) is 5.69 Å². The van der Waals surface area contributed by atoms with Crippen molar-refractivity contribution in [3.05, 3.63) is 16.4 Å². The van der Waals surface area contributed by atoms with E-state index in [1.807, 2.05) is 7.05 Å². The average Bonchev–Trinajstić information content (AvgIpc) is 2.94. The highest BCUT2D eigenvalue weighted by Crippen LogP contribution is 2.26. The van der Waals surface area contributed by atoms with Crippen LogP contribution >= 0.6 is 11.6 Å². The van der Waals surface area contributed by atoms with Gasteiger partial charge in [-0.05, 0) is 18.8 Å². The molecule has 0 bridgehead atoms. The zero-order chi connectivity index (χ0) is 11.0. The van der Waals surface area contributed by atoms with Gasteiger partial charge < -0.3 is 5.32 Å². The van der Waals surface area contributed by atoms with Gasteiger partial charge in [0.15, 0.2) is 0 Å². The number of hydrogen-bond donors (Lipinski definition) is 1. The number of hydrogen-bond acceptors (Lipinski definition) is 2. The molecule has 1 aromatic rings. The molecule has 0 aromatic carbocycles. The van der Waals surface area contributed by atoms with E-state index in [4.69, 9.17) is 11.6 Å². The summed E-state index contributed by atoms with van der Waals surface area (Å²) in [4.78, 5) is 0. The van der Waals surface area contributed by atoms with Crippen molar-refractivity contribution >= 4 is 11.6 Å². The second-order valence-electron chi connectivity index (χ2n) is 4.59. The molecule has 1 saturated carbocycles. The Morgan fingerprint density at radius 3 is 2.73 bits per heavy atom. The molecule has 0 amide bonds. The van der Waals surface area contributed by atoms with Crippen LogP contribution < -0.4 is 5.32 Å². The summed E-state index contributed by atoms with van der Waals surface area (Å²) in [5, 5.41) is 8.71. The highest BCUT2D eigenvalue weighted by molar-refractivity contribution is 6.30. The Hall–Kier alpha value is -0.540. The monoisotopic (exact) mass is 227 g/mol. The lowest BCUT2D eigenvalue weighted by Crippen LogP contribution is -2.16. The van der Waals surface area contributed by atoms with Gasteiger partial charge in [0.1, 0.15) is 5.15 Å². The minimum Gasteiger partial charge on any atom is -0.310 e. The van der Waals surface area contributed by atoms with E-state index in [1.54, 1.807) is 4.68 Å². The summed E-state index contributed by atoms with van der Waals surface area (Å²) in [5.41, 5.74) is 2.29. The van der Waals surface area contributed by atoms with Crippen molar-refractivity contribution in [2.24, 2.45) is 7.05 Å². The van der Waals surface area contributed by atoms with Crippen LogP contribution in [0.15, 0.2) is 0 Å². The van der Waals surface area contributed by atoms with Crippen LogP contribution in [0.3, 0.4) is 0 Å². The number of halogens is 1. The standard InChI is InChI=1S/C11H18ClN3/c1-7(2)10-9(6-13-8-4-5-8)11(12)15(3)14-10/h7-8,13H,4-6H2,1-3H3. The average molecular weight is 228 g/mol. The highest BCUT2D eigenvalue weighted by Gasteiger charge is 2.23. The fraction of sp³-hybridized carbons (Fsp3) is 0.727. The molecule has 1 fully saturated rings. The predicted molar refractivity (Wildman–Crippen MR) is 62.2 cm³/mol. The Labute approximate surface area is 95.8 Å². The lowest BCUT2D eigenvalue weighted by Gasteiger charge is -2.06. The van der Waals surface area contributed by atoms with Crippen LogP contribution in [-0.2, 0) is 13.6 Å². The molecule has 1 aromatic heterocycles. The molecule has 15 heavy (non-hydrogen) atoms. The van der Waals surface area contributed by atoms with Crippen LogP contribution in [0.2, 0.25) is 5.15 Å². The molecule has 84 valence electrons. The maximum absolute atomic E-state index is 6.22. The van der Waals surface area contributed by atoms with Crippen LogP contribution in [0.4, 0.5) is 0 Å². The summed E-state index contributed by atoms with van der Waals surface area (Å²) in [7, 11) is 1.90.